The molecule has 28 heavy (non-hydrogen) atoms. The van der Waals surface area contributed by atoms with Gasteiger partial charge in [-0.15, -0.1) is 0 Å². The van der Waals surface area contributed by atoms with Crippen LogP contribution >= 0.6 is 0 Å². The van der Waals surface area contributed by atoms with Crippen LogP contribution in [0.5, 0.6) is 11.5 Å². The van der Waals surface area contributed by atoms with Crippen LogP contribution in [-0.2, 0) is 11.3 Å². The lowest BCUT2D eigenvalue weighted by atomic mass is 10.1. The van der Waals surface area contributed by atoms with Gasteiger partial charge in [0.05, 0.1) is 25.2 Å². The number of ether oxygens (including phenoxy) is 3. The highest BCUT2D eigenvalue weighted by molar-refractivity contribution is 5.95. The molecule has 0 unspecified atom stereocenters. The van der Waals surface area contributed by atoms with Crippen molar-refractivity contribution < 1.29 is 28.5 Å². The van der Waals surface area contributed by atoms with E-state index in [2.05, 4.69) is 10.1 Å². The second-order valence-electron chi connectivity index (χ2n) is 5.44. The zero-order valence-electron chi connectivity index (χ0n) is 14.9. The van der Waals surface area contributed by atoms with E-state index in [0.717, 1.165) is 11.6 Å². The molecule has 0 N–H and O–H groups in total. The van der Waals surface area contributed by atoms with E-state index >= 15 is 0 Å². The van der Waals surface area contributed by atoms with Crippen LogP contribution in [0.2, 0.25) is 0 Å². The third-order valence-corrected chi connectivity index (χ3v) is 3.75. The summed E-state index contributed by atoms with van der Waals surface area (Å²) in [5, 5.41) is 15.1. The Bertz CT molecular complexity index is 1000. The summed E-state index contributed by atoms with van der Waals surface area (Å²) in [5.74, 6) is -0.273. The maximum absolute atomic E-state index is 12.4. The summed E-state index contributed by atoms with van der Waals surface area (Å²) in [6, 6.07) is 11.4. The molecule has 0 bridgehead atoms. The Morgan fingerprint density at radius 2 is 1.82 bits per heavy atom. The maximum atomic E-state index is 12.4. The predicted molar refractivity (Wildman–Crippen MR) is 95.1 cm³/mol. The average Bonchev–Trinajstić information content (AvgIpc) is 3.20. The van der Waals surface area contributed by atoms with E-state index in [4.69, 9.17) is 18.7 Å². The zero-order chi connectivity index (χ0) is 20.1. The van der Waals surface area contributed by atoms with Crippen molar-refractivity contribution in [1.29, 1.82) is 0 Å². The molecule has 0 fully saturated rings. The molecule has 0 spiro atoms. The van der Waals surface area contributed by atoms with E-state index in [1.54, 1.807) is 12.1 Å². The Hall–Kier alpha value is -3.95. The van der Waals surface area contributed by atoms with Crippen molar-refractivity contribution in [3.8, 4) is 22.9 Å². The number of hydrogen-bond acceptors (Lipinski definition) is 9. The molecule has 2 aromatic carbocycles. The average molecular weight is 385 g/mol. The van der Waals surface area contributed by atoms with Crippen LogP contribution in [0.1, 0.15) is 16.2 Å². The number of methoxy groups -OCH3 is 2. The number of carbonyl (C=O) groups is 1. The Labute approximate surface area is 158 Å². The van der Waals surface area contributed by atoms with Crippen molar-refractivity contribution in [3.63, 3.8) is 0 Å². The van der Waals surface area contributed by atoms with Gasteiger partial charge in [-0.3, -0.25) is 10.1 Å². The minimum absolute atomic E-state index is 0.0512. The van der Waals surface area contributed by atoms with Gasteiger partial charge in [-0.2, -0.15) is 4.98 Å². The molecular weight excluding hydrogens is 370 g/mol. The number of hydrogen-bond donors (Lipinski definition) is 0. The summed E-state index contributed by atoms with van der Waals surface area (Å²) in [7, 11) is 2.68. The van der Waals surface area contributed by atoms with Gasteiger partial charge >= 0.3 is 5.97 Å². The molecule has 10 heteroatoms. The molecule has 10 nitrogen and oxygen atoms in total. The van der Waals surface area contributed by atoms with E-state index < -0.39 is 16.6 Å². The van der Waals surface area contributed by atoms with Crippen LogP contribution < -0.4 is 9.47 Å². The molecule has 1 aromatic heterocycles. The SMILES string of the molecule is COc1cc(C(=O)OCc2nc(-c3ccccc3)no2)c([N+](=O)[O-])cc1OC. The fraction of sp³-hybridized carbons (Fsp3) is 0.167. The molecular formula is C18H15N3O7. The second kappa shape index (κ2) is 8.16. The van der Waals surface area contributed by atoms with Crippen LogP contribution in [0.3, 0.4) is 0 Å². The van der Waals surface area contributed by atoms with E-state index in [1.807, 2.05) is 18.2 Å². The number of rotatable bonds is 7. The number of aromatic nitrogens is 2. The van der Waals surface area contributed by atoms with E-state index in [0.29, 0.717) is 5.82 Å². The summed E-state index contributed by atoms with van der Waals surface area (Å²) < 4.78 is 20.2. The number of carbonyl (C=O) groups excluding carboxylic acids is 1. The van der Waals surface area contributed by atoms with E-state index in [-0.39, 0.29) is 29.6 Å². The normalized spacial score (nSPS) is 10.4. The highest BCUT2D eigenvalue weighted by Gasteiger charge is 2.26. The topological polar surface area (TPSA) is 127 Å². The first-order valence-corrected chi connectivity index (χ1v) is 7.99. The quantitative estimate of drug-likeness (QED) is 0.342. The summed E-state index contributed by atoms with van der Waals surface area (Å²) in [6.45, 7) is -0.343. The summed E-state index contributed by atoms with van der Waals surface area (Å²) >= 11 is 0. The van der Waals surface area contributed by atoms with Crippen LogP contribution in [0.4, 0.5) is 5.69 Å². The third-order valence-electron chi connectivity index (χ3n) is 3.75. The first-order chi connectivity index (χ1) is 13.5. The van der Waals surface area contributed by atoms with Crippen LogP contribution in [0, 0.1) is 10.1 Å². The first kappa shape index (κ1) is 18.8. The van der Waals surface area contributed by atoms with Gasteiger partial charge in [0.1, 0.15) is 5.56 Å². The van der Waals surface area contributed by atoms with Crippen molar-refractivity contribution in [2.24, 2.45) is 0 Å². The molecule has 0 saturated carbocycles. The minimum atomic E-state index is -0.938. The smallest absolute Gasteiger partial charge is 0.345 e. The van der Waals surface area contributed by atoms with E-state index in [1.165, 1.54) is 20.3 Å². The maximum Gasteiger partial charge on any atom is 0.345 e. The Morgan fingerprint density at radius 3 is 2.46 bits per heavy atom. The number of nitro groups is 1. The minimum Gasteiger partial charge on any atom is -0.493 e. The van der Waals surface area contributed by atoms with Crippen molar-refractivity contribution in [3.05, 3.63) is 64.0 Å². The van der Waals surface area contributed by atoms with E-state index in [9.17, 15) is 14.9 Å². The predicted octanol–water partition coefficient (Wildman–Crippen LogP) is 3.02. The third kappa shape index (κ3) is 3.90. The number of nitro benzene ring substituents is 1. The van der Waals surface area contributed by atoms with Gasteiger partial charge in [0, 0.05) is 11.6 Å². The van der Waals surface area contributed by atoms with Crippen molar-refractivity contribution in [1.82, 2.24) is 10.1 Å². The molecule has 0 aliphatic carbocycles. The lowest BCUT2D eigenvalue weighted by Gasteiger charge is -2.10. The van der Waals surface area contributed by atoms with Gasteiger partial charge in [-0.05, 0) is 0 Å². The standard InChI is InChI=1S/C18H15N3O7/c1-25-14-8-12(13(21(23)24)9-15(14)26-2)18(22)27-10-16-19-17(20-28-16)11-6-4-3-5-7-11/h3-9H,10H2,1-2H3. The second-order valence-corrected chi connectivity index (χ2v) is 5.44. The van der Waals surface area contributed by atoms with Crippen LogP contribution in [0.25, 0.3) is 11.4 Å². The zero-order valence-corrected chi connectivity index (χ0v) is 14.9. The molecule has 0 aliphatic heterocycles. The van der Waals surface area contributed by atoms with Gasteiger partial charge < -0.3 is 18.7 Å². The fourth-order valence-electron chi connectivity index (χ4n) is 2.41. The summed E-state index contributed by atoms with van der Waals surface area (Å²) in [4.78, 5) is 27.1. The molecule has 3 aromatic rings. The molecule has 1 heterocycles. The Balaban J connectivity index is 1.78. The molecule has 0 amide bonds. The Morgan fingerprint density at radius 1 is 1.14 bits per heavy atom. The number of nitrogens with zero attached hydrogens (tertiary/aromatic N) is 3. The van der Waals surface area contributed by atoms with Gasteiger partial charge in [-0.1, -0.05) is 35.5 Å². The lowest BCUT2D eigenvalue weighted by molar-refractivity contribution is -0.385. The van der Waals surface area contributed by atoms with Gasteiger partial charge in [0.25, 0.3) is 11.6 Å². The van der Waals surface area contributed by atoms with Gasteiger partial charge in [0.2, 0.25) is 5.82 Å². The molecule has 0 atom stereocenters. The monoisotopic (exact) mass is 385 g/mol. The van der Waals surface area contributed by atoms with Crippen molar-refractivity contribution in [2.45, 2.75) is 6.61 Å². The fourth-order valence-corrected chi connectivity index (χ4v) is 2.41. The highest BCUT2D eigenvalue weighted by atomic mass is 16.6. The highest BCUT2D eigenvalue weighted by Crippen LogP contribution is 2.34. The summed E-state index contributed by atoms with van der Waals surface area (Å²) in [6.07, 6.45) is 0. The molecule has 144 valence electrons. The number of esters is 1. The molecule has 0 aliphatic rings. The number of benzene rings is 2. The largest absolute Gasteiger partial charge is 0.493 e. The van der Waals surface area contributed by atoms with Crippen molar-refractivity contribution >= 4 is 11.7 Å². The molecule has 0 radical (unpaired) electrons. The molecule has 3 rings (SSSR count). The molecule has 0 saturated heterocycles. The van der Waals surface area contributed by atoms with Crippen molar-refractivity contribution in [2.75, 3.05) is 14.2 Å². The van der Waals surface area contributed by atoms with Crippen LogP contribution in [-0.4, -0.2) is 35.3 Å². The summed E-state index contributed by atoms with van der Waals surface area (Å²) in [5.41, 5.74) is -0.0250. The lowest BCUT2D eigenvalue weighted by Crippen LogP contribution is -2.09. The first-order valence-electron chi connectivity index (χ1n) is 7.99. The van der Waals surface area contributed by atoms with Gasteiger partial charge in [0.15, 0.2) is 18.1 Å². The van der Waals surface area contributed by atoms with Gasteiger partial charge in [-0.25, -0.2) is 4.79 Å². The van der Waals surface area contributed by atoms with Crippen LogP contribution in [0.15, 0.2) is 47.0 Å². The Kier molecular flexibility index (Phi) is 5.49.